The van der Waals surface area contributed by atoms with Gasteiger partial charge in [0.25, 0.3) is 0 Å². The van der Waals surface area contributed by atoms with E-state index in [2.05, 4.69) is 44.0 Å². The van der Waals surface area contributed by atoms with Gasteiger partial charge in [-0.3, -0.25) is 0 Å². The summed E-state index contributed by atoms with van der Waals surface area (Å²) in [6, 6.07) is 6.36. The van der Waals surface area contributed by atoms with Crippen LogP contribution in [-0.4, -0.2) is 9.55 Å². The minimum Gasteiger partial charge on any atom is -0.383 e. The van der Waals surface area contributed by atoms with E-state index in [1.54, 1.807) is 0 Å². The number of aromatic nitrogens is 2. The molecule has 0 amide bonds. The predicted octanol–water partition coefficient (Wildman–Crippen LogP) is 3.16. The molecule has 90 valence electrons. The van der Waals surface area contributed by atoms with Crippen molar-refractivity contribution in [1.29, 1.82) is 0 Å². The van der Waals surface area contributed by atoms with Gasteiger partial charge in [0.15, 0.2) is 0 Å². The predicted molar refractivity (Wildman–Crippen MR) is 71.8 cm³/mol. The van der Waals surface area contributed by atoms with E-state index in [-0.39, 0.29) is 0 Å². The van der Waals surface area contributed by atoms with Crippen LogP contribution in [0.4, 0.5) is 5.82 Å². The molecule has 1 aromatic heterocycles. The number of benzene rings is 1. The van der Waals surface area contributed by atoms with Gasteiger partial charge in [-0.15, -0.1) is 0 Å². The van der Waals surface area contributed by atoms with Crippen molar-refractivity contribution in [1.82, 2.24) is 9.55 Å². The summed E-state index contributed by atoms with van der Waals surface area (Å²) in [5, 5.41) is 0. The molecule has 0 unspecified atom stereocenters. The van der Waals surface area contributed by atoms with Crippen molar-refractivity contribution in [3.63, 3.8) is 0 Å². The van der Waals surface area contributed by atoms with Crippen LogP contribution < -0.4 is 5.73 Å². The summed E-state index contributed by atoms with van der Waals surface area (Å²) in [5.74, 6) is 0.763. The molecule has 2 aromatic rings. The lowest BCUT2D eigenvalue weighted by Gasteiger charge is -2.07. The van der Waals surface area contributed by atoms with Gasteiger partial charge < -0.3 is 10.3 Å². The second-order valence-electron chi connectivity index (χ2n) is 4.49. The minimum absolute atomic E-state index is 0.763. The highest BCUT2D eigenvalue weighted by molar-refractivity contribution is 5.73. The molecular weight excluding hydrogens is 210 g/mol. The fourth-order valence-electron chi connectivity index (χ4n) is 2.10. The number of hydrogen-bond acceptors (Lipinski definition) is 2. The molecule has 2 rings (SSSR count). The highest BCUT2D eigenvalue weighted by Crippen LogP contribution is 2.27. The van der Waals surface area contributed by atoms with Crippen LogP contribution in [0.2, 0.25) is 0 Å². The second-order valence-corrected chi connectivity index (χ2v) is 4.49. The summed E-state index contributed by atoms with van der Waals surface area (Å²) in [6.07, 6.45) is 2.89. The van der Waals surface area contributed by atoms with E-state index in [4.69, 9.17) is 5.73 Å². The lowest BCUT2D eigenvalue weighted by molar-refractivity contribution is 0.686. The molecule has 1 aromatic carbocycles. The molecule has 0 aliphatic rings. The van der Waals surface area contributed by atoms with Gasteiger partial charge in [-0.25, -0.2) is 4.98 Å². The third-order valence-corrected chi connectivity index (χ3v) is 2.98. The smallest absolute Gasteiger partial charge is 0.131 e. The highest BCUT2D eigenvalue weighted by atomic mass is 15.1. The maximum Gasteiger partial charge on any atom is 0.131 e. The van der Waals surface area contributed by atoms with Crippen molar-refractivity contribution in [2.45, 2.75) is 33.7 Å². The zero-order valence-corrected chi connectivity index (χ0v) is 10.7. The van der Waals surface area contributed by atoms with E-state index >= 15 is 0 Å². The molecule has 3 heteroatoms. The molecule has 0 saturated heterocycles. The lowest BCUT2D eigenvalue weighted by Crippen LogP contribution is -2.01. The molecule has 2 N–H and O–H groups in total. The number of hydrogen-bond donors (Lipinski definition) is 1. The van der Waals surface area contributed by atoms with Crippen LogP contribution in [0.3, 0.4) is 0 Å². The summed E-state index contributed by atoms with van der Waals surface area (Å²) in [6.45, 7) is 7.25. The molecule has 3 nitrogen and oxygen atoms in total. The number of rotatable bonds is 3. The van der Waals surface area contributed by atoms with E-state index in [1.165, 1.54) is 11.1 Å². The summed E-state index contributed by atoms with van der Waals surface area (Å²) in [5.41, 5.74) is 10.6. The number of nitrogens with zero attached hydrogens (tertiary/aromatic N) is 2. The molecule has 0 atom stereocenters. The molecule has 0 spiro atoms. The van der Waals surface area contributed by atoms with Crippen molar-refractivity contribution in [2.24, 2.45) is 0 Å². The van der Waals surface area contributed by atoms with Crippen LogP contribution in [0.1, 0.15) is 24.5 Å². The Labute approximate surface area is 102 Å². The zero-order valence-electron chi connectivity index (χ0n) is 10.7. The summed E-state index contributed by atoms with van der Waals surface area (Å²) in [4.78, 5) is 4.43. The standard InChI is InChI=1S/C14H19N3/c1-4-7-17-9-16-13(14(17)15)12-6-5-10(2)8-11(12)3/h5-6,8-9H,4,7,15H2,1-3H3. The molecule has 0 aliphatic heterocycles. The number of imidazole rings is 1. The largest absolute Gasteiger partial charge is 0.383 e. The Balaban J connectivity index is 2.46. The van der Waals surface area contributed by atoms with Gasteiger partial charge in [0.1, 0.15) is 11.5 Å². The van der Waals surface area contributed by atoms with E-state index in [0.29, 0.717) is 0 Å². The number of anilines is 1. The summed E-state index contributed by atoms with van der Waals surface area (Å²) >= 11 is 0. The molecule has 1 heterocycles. The molecular formula is C14H19N3. The number of aryl methyl sites for hydroxylation is 3. The van der Waals surface area contributed by atoms with Gasteiger partial charge in [0.05, 0.1) is 6.33 Å². The number of nitrogens with two attached hydrogens (primary N) is 1. The topological polar surface area (TPSA) is 43.8 Å². The van der Waals surface area contributed by atoms with Crippen LogP contribution in [0.25, 0.3) is 11.3 Å². The first kappa shape index (κ1) is 11.7. The maximum atomic E-state index is 6.13. The first-order valence-corrected chi connectivity index (χ1v) is 6.01. The van der Waals surface area contributed by atoms with Crippen LogP contribution in [0.5, 0.6) is 0 Å². The van der Waals surface area contributed by atoms with Gasteiger partial charge >= 0.3 is 0 Å². The Kier molecular flexibility index (Phi) is 3.18. The van der Waals surface area contributed by atoms with Gasteiger partial charge in [-0.1, -0.05) is 30.7 Å². The Hall–Kier alpha value is -1.77. The van der Waals surface area contributed by atoms with E-state index in [0.717, 1.165) is 30.0 Å². The monoisotopic (exact) mass is 229 g/mol. The van der Waals surface area contributed by atoms with E-state index in [9.17, 15) is 0 Å². The van der Waals surface area contributed by atoms with E-state index < -0.39 is 0 Å². The maximum absolute atomic E-state index is 6.13. The Morgan fingerprint density at radius 3 is 2.71 bits per heavy atom. The Morgan fingerprint density at radius 2 is 2.06 bits per heavy atom. The van der Waals surface area contributed by atoms with Crippen LogP contribution in [-0.2, 0) is 6.54 Å². The van der Waals surface area contributed by atoms with Crippen LogP contribution in [0.15, 0.2) is 24.5 Å². The molecule has 0 fully saturated rings. The summed E-state index contributed by atoms with van der Waals surface area (Å²) < 4.78 is 2.01. The molecule has 0 saturated carbocycles. The van der Waals surface area contributed by atoms with Gasteiger partial charge in [-0.2, -0.15) is 0 Å². The van der Waals surface area contributed by atoms with E-state index in [1.807, 2.05) is 10.9 Å². The zero-order chi connectivity index (χ0) is 12.4. The molecule has 0 aliphatic carbocycles. The van der Waals surface area contributed by atoms with Crippen molar-refractivity contribution >= 4 is 5.82 Å². The molecule has 17 heavy (non-hydrogen) atoms. The van der Waals surface area contributed by atoms with Crippen molar-refractivity contribution in [2.75, 3.05) is 5.73 Å². The van der Waals surface area contributed by atoms with Crippen LogP contribution in [0, 0.1) is 13.8 Å². The average molecular weight is 229 g/mol. The Morgan fingerprint density at radius 1 is 1.29 bits per heavy atom. The third kappa shape index (κ3) is 2.18. The molecule has 0 bridgehead atoms. The van der Waals surface area contributed by atoms with Crippen molar-refractivity contribution < 1.29 is 0 Å². The molecule has 0 radical (unpaired) electrons. The van der Waals surface area contributed by atoms with Gasteiger partial charge in [0.2, 0.25) is 0 Å². The van der Waals surface area contributed by atoms with Gasteiger partial charge in [-0.05, 0) is 25.8 Å². The van der Waals surface area contributed by atoms with Crippen molar-refractivity contribution in [3.05, 3.63) is 35.7 Å². The second kappa shape index (κ2) is 4.62. The Bertz CT molecular complexity index is 526. The fourth-order valence-corrected chi connectivity index (χ4v) is 2.10. The minimum atomic E-state index is 0.763. The van der Waals surface area contributed by atoms with Crippen LogP contribution >= 0.6 is 0 Å². The van der Waals surface area contributed by atoms with Crippen molar-refractivity contribution in [3.8, 4) is 11.3 Å². The first-order chi connectivity index (χ1) is 8.13. The first-order valence-electron chi connectivity index (χ1n) is 6.01. The fraction of sp³-hybridized carbons (Fsp3) is 0.357. The lowest BCUT2D eigenvalue weighted by atomic mass is 10.0. The third-order valence-electron chi connectivity index (χ3n) is 2.98. The normalized spacial score (nSPS) is 10.8. The SMILES string of the molecule is CCCn1cnc(-c2ccc(C)cc2C)c1N. The van der Waals surface area contributed by atoms with Gasteiger partial charge in [0, 0.05) is 12.1 Å². The highest BCUT2D eigenvalue weighted by Gasteiger charge is 2.11. The quantitative estimate of drug-likeness (QED) is 0.878. The summed E-state index contributed by atoms with van der Waals surface area (Å²) in [7, 11) is 0. The number of nitrogen functional groups attached to an aromatic ring is 1. The average Bonchev–Trinajstić information content (AvgIpc) is 2.62.